The zero-order chi connectivity index (χ0) is 24.8. The van der Waals surface area contributed by atoms with Gasteiger partial charge in [-0.1, -0.05) is 59.7 Å². The fraction of sp³-hybridized carbons (Fsp3) is 0.423. The van der Waals surface area contributed by atoms with Crippen LogP contribution in [0.1, 0.15) is 68.6 Å². The Balaban J connectivity index is 0.00000578. The predicted octanol–water partition coefficient (Wildman–Crippen LogP) is 3.89. The van der Waals surface area contributed by atoms with Gasteiger partial charge in [-0.15, -0.1) is 12.4 Å². The van der Waals surface area contributed by atoms with Gasteiger partial charge in [0.2, 0.25) is 5.91 Å². The number of benzene rings is 2. The number of aliphatic imine (C=N–C) groups is 1. The average Bonchev–Trinajstić information content (AvgIpc) is 2.71. The number of halogens is 1. The Labute approximate surface area is 209 Å². The van der Waals surface area contributed by atoms with E-state index < -0.39 is 0 Å². The minimum absolute atomic E-state index is 0. The molecule has 0 saturated carbocycles. The molecule has 0 aliphatic carbocycles. The van der Waals surface area contributed by atoms with Crippen LogP contribution in [0.5, 0.6) is 0 Å². The maximum Gasteiger partial charge on any atom is 0.255 e. The summed E-state index contributed by atoms with van der Waals surface area (Å²) in [7, 11) is 0. The molecule has 6 N–H and O–H groups in total. The van der Waals surface area contributed by atoms with Crippen LogP contribution in [0.15, 0.2) is 47.5 Å². The van der Waals surface area contributed by atoms with E-state index in [2.05, 4.69) is 63.2 Å². The second-order valence-electron chi connectivity index (χ2n) is 10.3. The molecular formula is C26H38ClN5O2. The SMILES string of the molecule is CC(C)(C)c1cc(C(=O)Nc2ccc(CC(=O)NCCN=C(N)N)cc2)cc(C(C)(C)C)c1.Cl. The Morgan fingerprint density at radius 2 is 1.41 bits per heavy atom. The fourth-order valence-electron chi connectivity index (χ4n) is 3.16. The lowest BCUT2D eigenvalue weighted by atomic mass is 9.79. The first-order valence-electron chi connectivity index (χ1n) is 11.1. The Morgan fingerprint density at radius 1 is 0.882 bits per heavy atom. The van der Waals surface area contributed by atoms with Crippen molar-refractivity contribution in [3.63, 3.8) is 0 Å². The van der Waals surface area contributed by atoms with E-state index in [0.29, 0.717) is 24.3 Å². The van der Waals surface area contributed by atoms with Crippen LogP contribution in [0.4, 0.5) is 5.69 Å². The van der Waals surface area contributed by atoms with E-state index >= 15 is 0 Å². The third-order valence-electron chi connectivity index (χ3n) is 5.23. The van der Waals surface area contributed by atoms with Crippen molar-refractivity contribution in [3.05, 3.63) is 64.7 Å². The van der Waals surface area contributed by atoms with Gasteiger partial charge in [-0.25, -0.2) is 0 Å². The van der Waals surface area contributed by atoms with Gasteiger partial charge in [0.1, 0.15) is 0 Å². The summed E-state index contributed by atoms with van der Waals surface area (Å²) >= 11 is 0. The lowest BCUT2D eigenvalue weighted by Crippen LogP contribution is -2.29. The van der Waals surface area contributed by atoms with E-state index in [4.69, 9.17) is 11.5 Å². The number of nitrogens with two attached hydrogens (primary N) is 2. The van der Waals surface area contributed by atoms with Crippen LogP contribution in [-0.4, -0.2) is 30.9 Å². The summed E-state index contributed by atoms with van der Waals surface area (Å²) in [6, 6.07) is 13.4. The van der Waals surface area contributed by atoms with Crippen LogP contribution in [0.25, 0.3) is 0 Å². The molecule has 0 fully saturated rings. The highest BCUT2D eigenvalue weighted by molar-refractivity contribution is 6.04. The molecule has 0 unspecified atom stereocenters. The zero-order valence-corrected chi connectivity index (χ0v) is 21.8. The van der Waals surface area contributed by atoms with Crippen molar-refractivity contribution in [3.8, 4) is 0 Å². The highest BCUT2D eigenvalue weighted by atomic mass is 35.5. The molecule has 0 radical (unpaired) electrons. The number of carbonyl (C=O) groups excluding carboxylic acids is 2. The molecule has 0 heterocycles. The third kappa shape index (κ3) is 9.06. The molecule has 0 bridgehead atoms. The van der Waals surface area contributed by atoms with Crippen LogP contribution in [0.2, 0.25) is 0 Å². The molecule has 8 heteroatoms. The summed E-state index contributed by atoms with van der Waals surface area (Å²) in [5.41, 5.74) is 14.8. The number of amides is 2. The van der Waals surface area contributed by atoms with Gasteiger partial charge < -0.3 is 22.1 Å². The van der Waals surface area contributed by atoms with Crippen molar-refractivity contribution in [2.45, 2.75) is 58.8 Å². The second kappa shape index (κ2) is 11.9. The minimum atomic E-state index is -0.156. The van der Waals surface area contributed by atoms with Crippen molar-refractivity contribution < 1.29 is 9.59 Å². The molecule has 0 saturated heterocycles. The number of nitrogens with zero attached hydrogens (tertiary/aromatic N) is 1. The Kier molecular flexibility index (Phi) is 10.1. The van der Waals surface area contributed by atoms with Crippen LogP contribution < -0.4 is 22.1 Å². The Bertz CT molecular complexity index is 983. The summed E-state index contributed by atoms with van der Waals surface area (Å²) in [6.07, 6.45) is 0.235. The van der Waals surface area contributed by atoms with E-state index in [0.717, 1.165) is 16.7 Å². The lowest BCUT2D eigenvalue weighted by Gasteiger charge is -2.26. The van der Waals surface area contributed by atoms with Gasteiger partial charge in [-0.3, -0.25) is 14.6 Å². The average molecular weight is 488 g/mol. The highest BCUT2D eigenvalue weighted by Crippen LogP contribution is 2.30. The van der Waals surface area contributed by atoms with Crippen LogP contribution in [0, 0.1) is 0 Å². The van der Waals surface area contributed by atoms with Crippen LogP contribution in [-0.2, 0) is 22.0 Å². The number of hydrogen-bond acceptors (Lipinski definition) is 3. The molecule has 2 aromatic rings. The van der Waals surface area contributed by atoms with Crippen molar-refractivity contribution in [1.29, 1.82) is 0 Å². The second-order valence-corrected chi connectivity index (χ2v) is 10.3. The number of hydrogen-bond donors (Lipinski definition) is 4. The Morgan fingerprint density at radius 3 is 1.88 bits per heavy atom. The predicted molar refractivity (Wildman–Crippen MR) is 143 cm³/mol. The van der Waals surface area contributed by atoms with Gasteiger partial charge in [0, 0.05) is 17.8 Å². The van der Waals surface area contributed by atoms with E-state index in [1.54, 1.807) is 12.1 Å². The largest absolute Gasteiger partial charge is 0.370 e. The Hall–Kier alpha value is -3.06. The molecule has 34 heavy (non-hydrogen) atoms. The van der Waals surface area contributed by atoms with Crippen LogP contribution >= 0.6 is 12.4 Å². The molecule has 0 aliphatic rings. The molecule has 0 aliphatic heterocycles. The summed E-state index contributed by atoms with van der Waals surface area (Å²) in [5.74, 6) is -0.273. The van der Waals surface area contributed by atoms with Crippen molar-refractivity contribution in [2.75, 3.05) is 18.4 Å². The smallest absolute Gasteiger partial charge is 0.255 e. The van der Waals surface area contributed by atoms with Gasteiger partial charge in [0.25, 0.3) is 5.91 Å². The lowest BCUT2D eigenvalue weighted by molar-refractivity contribution is -0.120. The van der Waals surface area contributed by atoms with Gasteiger partial charge in [0.15, 0.2) is 5.96 Å². The maximum absolute atomic E-state index is 13.0. The number of nitrogens with one attached hydrogen (secondary N) is 2. The van der Waals surface area contributed by atoms with Gasteiger partial charge in [-0.05, 0) is 51.8 Å². The number of guanidine groups is 1. The molecule has 0 spiro atoms. The number of carbonyl (C=O) groups is 2. The van der Waals surface area contributed by atoms with Gasteiger partial charge in [0.05, 0.1) is 13.0 Å². The maximum atomic E-state index is 13.0. The zero-order valence-electron chi connectivity index (χ0n) is 21.0. The van der Waals surface area contributed by atoms with Gasteiger partial charge >= 0.3 is 0 Å². The molecule has 186 valence electrons. The molecule has 2 amide bonds. The van der Waals surface area contributed by atoms with Gasteiger partial charge in [-0.2, -0.15) is 0 Å². The van der Waals surface area contributed by atoms with E-state index in [1.807, 2.05) is 24.3 Å². The van der Waals surface area contributed by atoms with E-state index in [9.17, 15) is 9.59 Å². The molecule has 0 atom stereocenters. The molecule has 2 aromatic carbocycles. The number of rotatable bonds is 7. The minimum Gasteiger partial charge on any atom is -0.370 e. The third-order valence-corrected chi connectivity index (χ3v) is 5.23. The first-order chi connectivity index (χ1) is 15.3. The van der Waals surface area contributed by atoms with E-state index in [1.165, 1.54) is 0 Å². The quantitative estimate of drug-likeness (QED) is 0.269. The molecule has 2 rings (SSSR count). The van der Waals surface area contributed by atoms with Crippen LogP contribution in [0.3, 0.4) is 0 Å². The standard InChI is InChI=1S/C26H37N5O2.ClH/c1-25(2,3)19-14-18(15-20(16-19)26(4,5)6)23(33)31-21-9-7-17(8-10-21)13-22(32)29-11-12-30-24(27)28;/h7-10,14-16H,11-13H2,1-6H3,(H,29,32)(H,31,33)(H4,27,28,30);1H. The van der Waals surface area contributed by atoms with E-state index in [-0.39, 0.29) is 47.4 Å². The first kappa shape index (κ1) is 29.0. The molecule has 7 nitrogen and oxygen atoms in total. The molecule has 0 aromatic heterocycles. The first-order valence-corrected chi connectivity index (χ1v) is 11.1. The summed E-state index contributed by atoms with van der Waals surface area (Å²) in [4.78, 5) is 28.9. The highest BCUT2D eigenvalue weighted by Gasteiger charge is 2.22. The fourth-order valence-corrected chi connectivity index (χ4v) is 3.16. The topological polar surface area (TPSA) is 123 Å². The normalized spacial score (nSPS) is 11.2. The summed E-state index contributed by atoms with van der Waals surface area (Å²) < 4.78 is 0. The molecular weight excluding hydrogens is 450 g/mol. The summed E-state index contributed by atoms with van der Waals surface area (Å²) in [5, 5.41) is 5.73. The summed E-state index contributed by atoms with van der Waals surface area (Å²) in [6.45, 7) is 13.6. The van der Waals surface area contributed by atoms with Crippen molar-refractivity contribution >= 4 is 35.9 Å². The number of anilines is 1. The van der Waals surface area contributed by atoms with Crippen molar-refractivity contribution in [2.24, 2.45) is 16.5 Å². The monoisotopic (exact) mass is 487 g/mol. The van der Waals surface area contributed by atoms with Crippen molar-refractivity contribution in [1.82, 2.24) is 5.32 Å².